The quantitative estimate of drug-likeness (QED) is 0.552. The molecule has 0 spiro atoms. The molecule has 2 aliphatic carbocycles. The number of anilines is 1. The number of hydrogen-bond donors (Lipinski definition) is 2. The van der Waals surface area contributed by atoms with Gasteiger partial charge in [0.05, 0.1) is 0 Å². The maximum absolute atomic E-state index is 12.3. The van der Waals surface area contributed by atoms with Gasteiger partial charge in [-0.1, -0.05) is 26.3 Å². The number of amides is 2. The van der Waals surface area contributed by atoms with Crippen molar-refractivity contribution in [1.29, 1.82) is 0 Å². The lowest BCUT2D eigenvalue weighted by atomic mass is 9.49. The number of aryl methyl sites for hydroxylation is 1. The molecule has 5 nitrogen and oxygen atoms in total. The molecule has 2 aliphatic rings. The van der Waals surface area contributed by atoms with E-state index in [4.69, 9.17) is 5.73 Å². The van der Waals surface area contributed by atoms with E-state index >= 15 is 0 Å². The molecule has 3 atom stereocenters. The van der Waals surface area contributed by atoms with E-state index in [2.05, 4.69) is 24.4 Å². The van der Waals surface area contributed by atoms with Gasteiger partial charge in [0.15, 0.2) is 0 Å². The van der Waals surface area contributed by atoms with E-state index in [1.165, 1.54) is 11.1 Å². The minimum Gasteiger partial charge on any atom is -0.369 e. The SMILES string of the molecule is CC12CCC[C@](C)(C(N)=O)C1CCc1ccc(NC(=O)CCCCC=O)cc12. The third-order valence-corrected chi connectivity index (χ3v) is 7.18. The molecule has 0 aromatic heterocycles. The molecule has 1 aromatic rings. The zero-order chi connectivity index (χ0) is 20.4. The van der Waals surface area contributed by atoms with Crippen molar-refractivity contribution in [1.82, 2.24) is 0 Å². The maximum Gasteiger partial charge on any atom is 0.224 e. The zero-order valence-electron chi connectivity index (χ0n) is 17.1. The van der Waals surface area contributed by atoms with Crippen molar-refractivity contribution >= 4 is 23.8 Å². The number of primary amides is 1. The van der Waals surface area contributed by atoms with Crippen molar-refractivity contribution in [2.24, 2.45) is 17.1 Å². The number of fused-ring (bicyclic) bond motifs is 3. The summed E-state index contributed by atoms with van der Waals surface area (Å²) in [6.45, 7) is 4.30. The molecule has 3 rings (SSSR count). The summed E-state index contributed by atoms with van der Waals surface area (Å²) < 4.78 is 0. The molecule has 28 heavy (non-hydrogen) atoms. The number of nitrogens with two attached hydrogens (primary N) is 1. The van der Waals surface area contributed by atoms with E-state index in [-0.39, 0.29) is 23.1 Å². The summed E-state index contributed by atoms with van der Waals surface area (Å²) in [5.41, 5.74) is 8.65. The Bertz CT molecular complexity index is 775. The third kappa shape index (κ3) is 3.71. The number of aldehydes is 1. The molecule has 0 aliphatic heterocycles. The van der Waals surface area contributed by atoms with E-state index in [1.54, 1.807) is 0 Å². The lowest BCUT2D eigenvalue weighted by molar-refractivity contribution is -0.135. The molecule has 3 N–H and O–H groups in total. The highest BCUT2D eigenvalue weighted by molar-refractivity contribution is 5.91. The normalized spacial score (nSPS) is 28.7. The van der Waals surface area contributed by atoms with Gasteiger partial charge in [0.25, 0.3) is 0 Å². The van der Waals surface area contributed by atoms with Gasteiger partial charge in [-0.2, -0.15) is 0 Å². The van der Waals surface area contributed by atoms with Gasteiger partial charge in [-0.3, -0.25) is 9.59 Å². The lowest BCUT2D eigenvalue weighted by Crippen LogP contribution is -2.54. The smallest absolute Gasteiger partial charge is 0.224 e. The van der Waals surface area contributed by atoms with Crippen LogP contribution in [0.2, 0.25) is 0 Å². The van der Waals surface area contributed by atoms with Crippen LogP contribution in [-0.2, 0) is 26.2 Å². The first kappa shape index (κ1) is 20.6. The van der Waals surface area contributed by atoms with Crippen LogP contribution in [0.1, 0.15) is 76.3 Å². The van der Waals surface area contributed by atoms with Crippen LogP contribution in [0, 0.1) is 11.3 Å². The number of rotatable bonds is 7. The fourth-order valence-electron chi connectivity index (χ4n) is 5.57. The van der Waals surface area contributed by atoms with Crippen molar-refractivity contribution in [2.45, 2.75) is 77.0 Å². The molecule has 5 heteroatoms. The first-order valence-corrected chi connectivity index (χ1v) is 10.5. The first-order chi connectivity index (χ1) is 13.3. The number of benzene rings is 1. The average Bonchev–Trinajstić information content (AvgIpc) is 2.65. The Kier molecular flexibility index (Phi) is 5.92. The van der Waals surface area contributed by atoms with Gasteiger partial charge in [0, 0.05) is 23.9 Å². The molecular formula is C23H32N2O3. The molecule has 1 saturated carbocycles. The summed E-state index contributed by atoms with van der Waals surface area (Å²) in [7, 11) is 0. The highest BCUT2D eigenvalue weighted by Gasteiger charge is 2.54. The van der Waals surface area contributed by atoms with Gasteiger partial charge < -0.3 is 15.8 Å². The Morgan fingerprint density at radius 3 is 2.75 bits per heavy atom. The molecule has 1 fully saturated rings. The van der Waals surface area contributed by atoms with Crippen molar-refractivity contribution < 1.29 is 14.4 Å². The predicted octanol–water partition coefficient (Wildman–Crippen LogP) is 3.88. The Hall–Kier alpha value is -2.17. The minimum absolute atomic E-state index is 0.0195. The van der Waals surface area contributed by atoms with Gasteiger partial charge >= 0.3 is 0 Å². The predicted molar refractivity (Wildman–Crippen MR) is 110 cm³/mol. The summed E-state index contributed by atoms with van der Waals surface area (Å²) in [4.78, 5) is 34.9. The molecule has 1 aromatic carbocycles. The van der Waals surface area contributed by atoms with Crippen LogP contribution >= 0.6 is 0 Å². The maximum atomic E-state index is 12.3. The number of nitrogens with one attached hydrogen (secondary N) is 1. The monoisotopic (exact) mass is 384 g/mol. The van der Waals surface area contributed by atoms with Crippen LogP contribution in [0.3, 0.4) is 0 Å². The highest BCUT2D eigenvalue weighted by Crippen LogP contribution is 2.57. The van der Waals surface area contributed by atoms with E-state index in [0.717, 1.165) is 50.5 Å². The molecule has 2 unspecified atom stereocenters. The second-order valence-corrected chi connectivity index (χ2v) is 8.98. The summed E-state index contributed by atoms with van der Waals surface area (Å²) >= 11 is 0. The topological polar surface area (TPSA) is 89.3 Å². The molecule has 0 radical (unpaired) electrons. The van der Waals surface area contributed by atoms with Crippen LogP contribution in [0.15, 0.2) is 18.2 Å². The summed E-state index contributed by atoms with van der Waals surface area (Å²) in [6, 6.07) is 6.20. The van der Waals surface area contributed by atoms with Crippen molar-refractivity contribution in [2.75, 3.05) is 5.32 Å². The summed E-state index contributed by atoms with van der Waals surface area (Å²) in [5, 5.41) is 3.01. The van der Waals surface area contributed by atoms with Crippen molar-refractivity contribution in [3.8, 4) is 0 Å². The van der Waals surface area contributed by atoms with Crippen LogP contribution < -0.4 is 11.1 Å². The second kappa shape index (κ2) is 8.06. The van der Waals surface area contributed by atoms with Gasteiger partial charge in [0.1, 0.15) is 6.29 Å². The Morgan fingerprint density at radius 2 is 2.04 bits per heavy atom. The van der Waals surface area contributed by atoms with E-state index in [9.17, 15) is 14.4 Å². The van der Waals surface area contributed by atoms with Crippen molar-refractivity contribution in [3.63, 3.8) is 0 Å². The molecular weight excluding hydrogens is 352 g/mol. The Morgan fingerprint density at radius 1 is 1.25 bits per heavy atom. The fourth-order valence-corrected chi connectivity index (χ4v) is 5.57. The third-order valence-electron chi connectivity index (χ3n) is 7.18. The number of carbonyl (C=O) groups is 3. The van der Waals surface area contributed by atoms with Gasteiger partial charge in [0.2, 0.25) is 11.8 Å². The molecule has 0 saturated heterocycles. The number of hydrogen-bond acceptors (Lipinski definition) is 3. The van der Waals surface area contributed by atoms with E-state index < -0.39 is 5.41 Å². The Balaban J connectivity index is 1.81. The first-order valence-electron chi connectivity index (χ1n) is 10.5. The number of unbranched alkanes of at least 4 members (excludes halogenated alkanes) is 2. The molecule has 152 valence electrons. The molecule has 0 heterocycles. The lowest BCUT2D eigenvalue weighted by Gasteiger charge is -2.54. The molecule has 0 bridgehead atoms. The summed E-state index contributed by atoms with van der Waals surface area (Å²) in [5.74, 6) is 0.0219. The van der Waals surface area contributed by atoms with Crippen LogP contribution in [0.4, 0.5) is 5.69 Å². The second-order valence-electron chi connectivity index (χ2n) is 8.98. The van der Waals surface area contributed by atoms with Crippen LogP contribution in [-0.4, -0.2) is 18.1 Å². The molecule has 2 amide bonds. The van der Waals surface area contributed by atoms with Crippen molar-refractivity contribution in [3.05, 3.63) is 29.3 Å². The van der Waals surface area contributed by atoms with E-state index in [1.807, 2.05) is 13.0 Å². The average molecular weight is 385 g/mol. The fraction of sp³-hybridized carbons (Fsp3) is 0.609. The highest BCUT2D eigenvalue weighted by atomic mass is 16.2. The van der Waals surface area contributed by atoms with Crippen LogP contribution in [0.25, 0.3) is 0 Å². The zero-order valence-corrected chi connectivity index (χ0v) is 17.1. The summed E-state index contributed by atoms with van der Waals surface area (Å²) in [6.07, 6.45) is 8.07. The van der Waals surface area contributed by atoms with Gasteiger partial charge in [-0.15, -0.1) is 0 Å². The van der Waals surface area contributed by atoms with Crippen LogP contribution in [0.5, 0.6) is 0 Å². The van der Waals surface area contributed by atoms with Gasteiger partial charge in [-0.05, 0) is 73.1 Å². The standard InChI is InChI=1S/C23H32N2O3/c1-22-12-6-13-23(2,21(24)28)19(22)11-9-16-8-10-17(15-18(16)22)25-20(27)7-4-3-5-14-26/h8,10,14-15,19H,3-7,9,11-13H2,1-2H3,(H2,24,28)(H,25,27)/t19?,22?,23-/m0/s1. The van der Waals surface area contributed by atoms with Gasteiger partial charge in [-0.25, -0.2) is 0 Å². The Labute approximate surface area is 167 Å². The van der Waals surface area contributed by atoms with E-state index in [0.29, 0.717) is 19.3 Å². The largest absolute Gasteiger partial charge is 0.369 e. The number of carbonyl (C=O) groups excluding carboxylic acids is 3. The minimum atomic E-state index is -0.470.